The third kappa shape index (κ3) is 2.41. The number of allylic oxidation sites excluding steroid dienone is 5. The molecule has 0 N–H and O–H groups in total. The van der Waals surface area contributed by atoms with Crippen LogP contribution in [0.25, 0.3) is 0 Å². The monoisotopic (exact) mass is 320 g/mol. The number of hydrogen-bond donors (Lipinski definition) is 0. The first-order chi connectivity index (χ1) is 11.4. The van der Waals surface area contributed by atoms with Gasteiger partial charge >= 0.3 is 0 Å². The summed E-state index contributed by atoms with van der Waals surface area (Å²) in [7, 11) is -1.67. The van der Waals surface area contributed by atoms with E-state index in [1.165, 1.54) is 63.8 Å². The van der Waals surface area contributed by atoms with Crippen LogP contribution in [0, 0.1) is 0 Å². The van der Waals surface area contributed by atoms with E-state index in [4.69, 9.17) is 0 Å². The van der Waals surface area contributed by atoms with Gasteiger partial charge in [0.15, 0.2) is 0 Å². The first-order valence-corrected chi connectivity index (χ1v) is 11.7. The fourth-order valence-electron chi connectivity index (χ4n) is 5.44. The lowest BCUT2D eigenvalue weighted by Crippen LogP contribution is -2.51. The van der Waals surface area contributed by atoms with Gasteiger partial charge < -0.3 is 0 Å². The van der Waals surface area contributed by atoms with Gasteiger partial charge in [-0.2, -0.15) is 0 Å². The molecule has 0 aromatic heterocycles. The Bertz CT molecular complexity index is 664. The van der Waals surface area contributed by atoms with Gasteiger partial charge in [-0.15, -0.1) is 0 Å². The highest BCUT2D eigenvalue weighted by Crippen LogP contribution is 2.49. The van der Waals surface area contributed by atoms with Crippen LogP contribution in [0.4, 0.5) is 0 Å². The maximum Gasteiger partial charge on any atom is 0.140 e. The highest BCUT2D eigenvalue weighted by Gasteiger charge is 2.48. The summed E-state index contributed by atoms with van der Waals surface area (Å²) in [5, 5.41) is 5.48. The molecule has 0 spiro atoms. The lowest BCUT2D eigenvalue weighted by atomic mass is 9.98. The van der Waals surface area contributed by atoms with Gasteiger partial charge in [-0.1, -0.05) is 64.5 Å². The SMILES string of the molecule is C=CC1=C([Si]2(c3ccccc3)CCC3=C2CCCC3)CCCC1. The Morgan fingerprint density at radius 2 is 1.48 bits per heavy atom. The van der Waals surface area contributed by atoms with Crippen LogP contribution in [0.5, 0.6) is 0 Å². The molecule has 0 saturated carbocycles. The molecular formula is C22H28Si. The molecule has 120 valence electrons. The van der Waals surface area contributed by atoms with Crippen molar-refractivity contribution in [1.82, 2.24) is 0 Å². The van der Waals surface area contributed by atoms with Crippen molar-refractivity contribution in [1.29, 1.82) is 0 Å². The first-order valence-electron chi connectivity index (χ1n) is 9.48. The Hall–Kier alpha value is -1.34. The van der Waals surface area contributed by atoms with E-state index in [0.29, 0.717) is 0 Å². The van der Waals surface area contributed by atoms with Crippen LogP contribution in [-0.2, 0) is 0 Å². The zero-order valence-electron chi connectivity index (χ0n) is 14.2. The van der Waals surface area contributed by atoms with Crippen molar-refractivity contribution >= 4 is 13.3 Å². The molecule has 2 aliphatic carbocycles. The van der Waals surface area contributed by atoms with Gasteiger partial charge in [0.2, 0.25) is 0 Å². The number of hydrogen-bond acceptors (Lipinski definition) is 0. The van der Waals surface area contributed by atoms with E-state index < -0.39 is 8.07 Å². The van der Waals surface area contributed by atoms with Crippen LogP contribution >= 0.6 is 0 Å². The van der Waals surface area contributed by atoms with Crippen molar-refractivity contribution in [2.75, 3.05) is 0 Å². The van der Waals surface area contributed by atoms with Gasteiger partial charge in [-0.3, -0.25) is 0 Å². The summed E-state index contributed by atoms with van der Waals surface area (Å²) < 4.78 is 0. The largest absolute Gasteiger partial charge is 0.140 e. The smallest absolute Gasteiger partial charge is 0.0988 e. The highest BCUT2D eigenvalue weighted by atomic mass is 28.3. The fraction of sp³-hybridized carbons (Fsp3) is 0.455. The first kappa shape index (κ1) is 15.2. The van der Waals surface area contributed by atoms with Crippen LogP contribution in [-0.4, -0.2) is 8.07 Å². The molecular weight excluding hydrogens is 292 g/mol. The molecule has 0 saturated heterocycles. The second-order valence-electron chi connectivity index (χ2n) is 7.48. The van der Waals surface area contributed by atoms with Gasteiger partial charge in [-0.05, 0) is 69.0 Å². The molecule has 0 radical (unpaired) electrons. The van der Waals surface area contributed by atoms with E-state index in [1.54, 1.807) is 10.8 Å². The van der Waals surface area contributed by atoms with Crippen molar-refractivity contribution in [2.45, 2.75) is 63.8 Å². The van der Waals surface area contributed by atoms with E-state index in [9.17, 15) is 0 Å². The summed E-state index contributed by atoms with van der Waals surface area (Å²) in [6.07, 6.45) is 14.5. The van der Waals surface area contributed by atoms with Crippen LogP contribution in [0.2, 0.25) is 6.04 Å². The summed E-state index contributed by atoms with van der Waals surface area (Å²) in [5.41, 5.74) is 3.47. The minimum Gasteiger partial charge on any atom is -0.0988 e. The molecule has 1 heterocycles. The minimum atomic E-state index is -1.67. The molecule has 23 heavy (non-hydrogen) atoms. The quantitative estimate of drug-likeness (QED) is 0.622. The maximum atomic E-state index is 4.18. The fourth-order valence-corrected chi connectivity index (χ4v) is 11.7. The average molecular weight is 321 g/mol. The highest BCUT2D eigenvalue weighted by molar-refractivity contribution is 7.03. The summed E-state index contributed by atoms with van der Waals surface area (Å²) in [6, 6.07) is 13.0. The normalized spacial score (nSPS) is 28.0. The van der Waals surface area contributed by atoms with E-state index in [0.717, 1.165) is 0 Å². The minimum absolute atomic E-state index is 1.27. The van der Waals surface area contributed by atoms with Crippen LogP contribution in [0.15, 0.2) is 64.5 Å². The average Bonchev–Trinajstić information content (AvgIpc) is 3.03. The summed E-state index contributed by atoms with van der Waals surface area (Å²) in [4.78, 5) is 0. The van der Waals surface area contributed by atoms with Crippen LogP contribution in [0.3, 0.4) is 0 Å². The predicted octanol–water partition coefficient (Wildman–Crippen LogP) is 5.75. The third-order valence-corrected chi connectivity index (χ3v) is 12.0. The van der Waals surface area contributed by atoms with E-state index in [-0.39, 0.29) is 0 Å². The predicted molar refractivity (Wildman–Crippen MR) is 102 cm³/mol. The van der Waals surface area contributed by atoms with Crippen molar-refractivity contribution < 1.29 is 0 Å². The molecule has 1 aliphatic heterocycles. The summed E-state index contributed by atoms with van der Waals surface area (Å²) in [6.45, 7) is 4.18. The standard InChI is InChI=1S/C22H28Si/c1-2-18-10-6-8-14-21(18)23(20-12-4-3-5-13-20)17-16-19-11-7-9-15-22(19)23/h2-5,12-13H,1,6-11,14-17H2. The maximum absolute atomic E-state index is 4.18. The van der Waals surface area contributed by atoms with Crippen molar-refractivity contribution in [3.05, 3.63) is 64.5 Å². The van der Waals surface area contributed by atoms with Crippen LogP contribution in [0.1, 0.15) is 57.8 Å². The lowest BCUT2D eigenvalue weighted by molar-refractivity contribution is 0.681. The Kier molecular flexibility index (Phi) is 4.15. The summed E-state index contributed by atoms with van der Waals surface area (Å²) >= 11 is 0. The molecule has 1 unspecified atom stereocenters. The molecule has 1 aromatic carbocycles. The van der Waals surface area contributed by atoms with Crippen molar-refractivity contribution in [2.24, 2.45) is 0 Å². The number of rotatable bonds is 3. The van der Waals surface area contributed by atoms with E-state index >= 15 is 0 Å². The van der Waals surface area contributed by atoms with Crippen molar-refractivity contribution in [3.8, 4) is 0 Å². The van der Waals surface area contributed by atoms with E-state index in [1.807, 2.05) is 16.0 Å². The molecule has 1 atom stereocenters. The Morgan fingerprint density at radius 1 is 0.783 bits per heavy atom. The Labute approximate surface area is 142 Å². The van der Waals surface area contributed by atoms with E-state index in [2.05, 4.69) is 43.0 Å². The van der Waals surface area contributed by atoms with Crippen molar-refractivity contribution in [3.63, 3.8) is 0 Å². The van der Waals surface area contributed by atoms with Gasteiger partial charge in [-0.25, -0.2) is 0 Å². The Balaban J connectivity index is 1.94. The molecule has 4 rings (SSSR count). The third-order valence-electron chi connectivity index (χ3n) is 6.44. The van der Waals surface area contributed by atoms with Gasteiger partial charge in [0.05, 0.1) is 0 Å². The summed E-state index contributed by atoms with van der Waals surface area (Å²) in [5.74, 6) is 0. The topological polar surface area (TPSA) is 0 Å². The number of benzene rings is 1. The molecule has 0 nitrogen and oxygen atoms in total. The van der Waals surface area contributed by atoms with Gasteiger partial charge in [0, 0.05) is 0 Å². The zero-order chi connectivity index (χ0) is 15.7. The second-order valence-corrected chi connectivity index (χ2v) is 11.6. The van der Waals surface area contributed by atoms with Gasteiger partial charge in [0.25, 0.3) is 0 Å². The van der Waals surface area contributed by atoms with Crippen LogP contribution < -0.4 is 5.19 Å². The zero-order valence-corrected chi connectivity index (χ0v) is 15.2. The molecule has 0 amide bonds. The molecule has 0 fully saturated rings. The second kappa shape index (κ2) is 6.28. The molecule has 0 bridgehead atoms. The Morgan fingerprint density at radius 3 is 2.26 bits per heavy atom. The molecule has 3 aliphatic rings. The molecule has 1 heteroatoms. The lowest BCUT2D eigenvalue weighted by Gasteiger charge is -2.38. The van der Waals surface area contributed by atoms with Gasteiger partial charge in [0.1, 0.15) is 8.07 Å². The molecule has 1 aromatic rings.